The summed E-state index contributed by atoms with van der Waals surface area (Å²) in [5.41, 5.74) is 0.596. The van der Waals surface area contributed by atoms with Crippen LogP contribution in [0.15, 0.2) is 12.1 Å². The van der Waals surface area contributed by atoms with E-state index in [0.29, 0.717) is 22.5 Å². The van der Waals surface area contributed by atoms with Crippen LogP contribution in [0.1, 0.15) is 43.5 Å². The molecule has 1 unspecified atom stereocenters. The molecular weight excluding hydrogens is 274 g/mol. The first-order chi connectivity index (χ1) is 9.52. The number of halogens is 1. The van der Waals surface area contributed by atoms with Crippen LogP contribution in [0.3, 0.4) is 0 Å². The normalized spacial score (nSPS) is 15.8. The molecule has 1 aromatic rings. The highest BCUT2D eigenvalue weighted by molar-refractivity contribution is 6.29. The molecule has 1 aromatic heterocycles. The molecule has 1 heterocycles. The Bertz CT molecular complexity index is 488. The van der Waals surface area contributed by atoms with E-state index >= 15 is 0 Å². The van der Waals surface area contributed by atoms with Crippen LogP contribution in [0, 0.1) is 5.92 Å². The van der Waals surface area contributed by atoms with Gasteiger partial charge >= 0.3 is 0 Å². The first-order valence-electron chi connectivity index (χ1n) is 7.21. The fourth-order valence-electron chi connectivity index (χ4n) is 2.25. The van der Waals surface area contributed by atoms with Crippen LogP contribution >= 0.6 is 11.6 Å². The van der Waals surface area contributed by atoms with Crippen molar-refractivity contribution in [1.29, 1.82) is 0 Å². The van der Waals surface area contributed by atoms with Crippen molar-refractivity contribution in [3.05, 3.63) is 22.8 Å². The molecule has 0 spiro atoms. The smallest absolute Gasteiger partial charge is 0.254 e. The van der Waals surface area contributed by atoms with Crippen molar-refractivity contribution in [3.63, 3.8) is 0 Å². The van der Waals surface area contributed by atoms with Crippen molar-refractivity contribution in [2.75, 3.05) is 18.9 Å². The zero-order valence-electron chi connectivity index (χ0n) is 12.3. The number of hydrogen-bond acceptors (Lipinski definition) is 3. The van der Waals surface area contributed by atoms with Crippen molar-refractivity contribution in [2.45, 2.75) is 39.2 Å². The van der Waals surface area contributed by atoms with Crippen LogP contribution < -0.4 is 5.32 Å². The lowest BCUT2D eigenvalue weighted by Gasteiger charge is -2.25. The molecule has 20 heavy (non-hydrogen) atoms. The molecule has 1 aliphatic carbocycles. The van der Waals surface area contributed by atoms with Crippen LogP contribution in [0.25, 0.3) is 0 Å². The number of rotatable bonds is 6. The van der Waals surface area contributed by atoms with E-state index < -0.39 is 0 Å². The van der Waals surface area contributed by atoms with Gasteiger partial charge < -0.3 is 10.2 Å². The second kappa shape index (κ2) is 6.44. The van der Waals surface area contributed by atoms with Gasteiger partial charge in [0.15, 0.2) is 0 Å². The molecule has 1 atom stereocenters. The average molecular weight is 296 g/mol. The maximum Gasteiger partial charge on any atom is 0.254 e. The van der Waals surface area contributed by atoms with Crippen molar-refractivity contribution in [3.8, 4) is 0 Å². The third-order valence-electron chi connectivity index (χ3n) is 3.83. The molecule has 1 amide bonds. The highest BCUT2D eigenvalue weighted by Gasteiger charge is 2.32. The van der Waals surface area contributed by atoms with Crippen molar-refractivity contribution in [1.82, 2.24) is 9.88 Å². The monoisotopic (exact) mass is 295 g/mol. The molecule has 0 saturated heterocycles. The molecule has 2 rings (SSSR count). The Morgan fingerprint density at radius 2 is 2.25 bits per heavy atom. The van der Waals surface area contributed by atoms with E-state index in [4.69, 9.17) is 11.6 Å². The molecule has 1 N–H and O–H groups in total. The number of carbonyl (C=O) groups excluding carboxylic acids is 1. The molecule has 1 saturated carbocycles. The van der Waals surface area contributed by atoms with E-state index in [1.165, 1.54) is 12.8 Å². The molecule has 0 aliphatic heterocycles. The second-order valence-electron chi connectivity index (χ2n) is 5.48. The average Bonchev–Trinajstić information content (AvgIpc) is 3.26. The Morgan fingerprint density at radius 1 is 1.55 bits per heavy atom. The number of aromatic nitrogens is 1. The van der Waals surface area contributed by atoms with Gasteiger partial charge in [-0.15, -0.1) is 0 Å². The number of anilines is 1. The van der Waals surface area contributed by atoms with Gasteiger partial charge in [-0.05, 0) is 44.2 Å². The highest BCUT2D eigenvalue weighted by atomic mass is 35.5. The summed E-state index contributed by atoms with van der Waals surface area (Å²) in [5.74, 6) is 1.32. The number of nitrogens with one attached hydrogen (secondary N) is 1. The molecule has 0 aromatic carbocycles. The van der Waals surface area contributed by atoms with Crippen molar-refractivity contribution in [2.24, 2.45) is 5.92 Å². The van der Waals surface area contributed by atoms with E-state index in [9.17, 15) is 4.79 Å². The summed E-state index contributed by atoms with van der Waals surface area (Å²) < 4.78 is 0. The minimum Gasteiger partial charge on any atom is -0.370 e. The van der Waals surface area contributed by atoms with Crippen LogP contribution in [0.2, 0.25) is 5.15 Å². The molecule has 1 fully saturated rings. The molecule has 1 aliphatic rings. The van der Waals surface area contributed by atoms with E-state index in [2.05, 4.69) is 24.1 Å². The lowest BCUT2D eigenvalue weighted by molar-refractivity contribution is 0.0727. The fourth-order valence-corrected chi connectivity index (χ4v) is 2.46. The highest BCUT2D eigenvalue weighted by Crippen LogP contribution is 2.35. The van der Waals surface area contributed by atoms with Crippen LogP contribution in [0.5, 0.6) is 0 Å². The lowest BCUT2D eigenvalue weighted by Crippen LogP contribution is -2.36. The van der Waals surface area contributed by atoms with Gasteiger partial charge in [0.1, 0.15) is 11.0 Å². The molecule has 4 nitrogen and oxygen atoms in total. The van der Waals surface area contributed by atoms with Gasteiger partial charge in [0, 0.05) is 25.2 Å². The minimum absolute atomic E-state index is 0.00764. The zero-order chi connectivity index (χ0) is 14.7. The van der Waals surface area contributed by atoms with Crippen LogP contribution in [-0.2, 0) is 0 Å². The van der Waals surface area contributed by atoms with Gasteiger partial charge in [0.05, 0.1) is 0 Å². The minimum atomic E-state index is 0.00764. The summed E-state index contributed by atoms with van der Waals surface area (Å²) in [4.78, 5) is 18.5. The Labute approximate surface area is 125 Å². The summed E-state index contributed by atoms with van der Waals surface area (Å²) >= 11 is 6.01. The lowest BCUT2D eigenvalue weighted by atomic mass is 10.1. The van der Waals surface area contributed by atoms with Crippen LogP contribution in [0.4, 0.5) is 5.82 Å². The summed E-state index contributed by atoms with van der Waals surface area (Å²) in [6, 6.07) is 3.69. The van der Waals surface area contributed by atoms with E-state index in [-0.39, 0.29) is 11.9 Å². The number of pyridine rings is 1. The predicted octanol–water partition coefficient (Wildman–Crippen LogP) is 3.43. The fraction of sp³-hybridized carbons (Fsp3) is 0.600. The third kappa shape index (κ3) is 3.63. The van der Waals surface area contributed by atoms with Gasteiger partial charge in [-0.25, -0.2) is 4.98 Å². The predicted molar refractivity (Wildman–Crippen MR) is 82.3 cm³/mol. The number of amides is 1. The molecule has 0 radical (unpaired) electrons. The first kappa shape index (κ1) is 15.1. The van der Waals surface area contributed by atoms with Gasteiger partial charge in [0.25, 0.3) is 5.91 Å². The van der Waals surface area contributed by atoms with Gasteiger partial charge in [-0.1, -0.05) is 18.5 Å². The summed E-state index contributed by atoms with van der Waals surface area (Å²) in [6.45, 7) is 5.00. The zero-order valence-corrected chi connectivity index (χ0v) is 13.1. The second-order valence-corrected chi connectivity index (χ2v) is 5.87. The van der Waals surface area contributed by atoms with E-state index in [1.807, 2.05) is 11.9 Å². The number of hydrogen-bond donors (Lipinski definition) is 1. The first-order valence-corrected chi connectivity index (χ1v) is 7.59. The maximum atomic E-state index is 12.5. The molecule has 110 valence electrons. The summed E-state index contributed by atoms with van der Waals surface area (Å²) in [6.07, 6.45) is 3.44. The quantitative estimate of drug-likeness (QED) is 0.818. The molecule has 5 heteroatoms. The Hall–Kier alpha value is -1.29. The summed E-state index contributed by atoms with van der Waals surface area (Å²) in [7, 11) is 1.86. The van der Waals surface area contributed by atoms with Gasteiger partial charge in [-0.3, -0.25) is 4.79 Å². The number of nitrogens with zero attached hydrogens (tertiary/aromatic N) is 2. The van der Waals surface area contributed by atoms with E-state index in [1.54, 1.807) is 12.1 Å². The SMILES string of the molecule is CCCNc1cc(C(=O)N(C)C(C)C2CC2)cc(Cl)n1. The van der Waals surface area contributed by atoms with E-state index in [0.717, 1.165) is 13.0 Å². The largest absolute Gasteiger partial charge is 0.370 e. The standard InChI is InChI=1S/C15H22ClN3O/c1-4-7-17-14-9-12(8-13(16)18-14)15(20)19(3)10(2)11-5-6-11/h8-11H,4-7H2,1-3H3,(H,17,18). The Balaban J connectivity index is 2.13. The Kier molecular flexibility index (Phi) is 4.86. The van der Waals surface area contributed by atoms with Crippen LogP contribution in [-0.4, -0.2) is 35.4 Å². The maximum absolute atomic E-state index is 12.5. The van der Waals surface area contributed by atoms with Gasteiger partial charge in [0.2, 0.25) is 0 Å². The molecule has 0 bridgehead atoms. The molecular formula is C15H22ClN3O. The Morgan fingerprint density at radius 3 is 2.85 bits per heavy atom. The number of carbonyl (C=O) groups is 1. The van der Waals surface area contributed by atoms with Crippen molar-refractivity contribution < 1.29 is 4.79 Å². The third-order valence-corrected chi connectivity index (χ3v) is 4.03. The van der Waals surface area contributed by atoms with Crippen molar-refractivity contribution >= 4 is 23.3 Å². The van der Waals surface area contributed by atoms with Gasteiger partial charge in [-0.2, -0.15) is 0 Å². The summed E-state index contributed by atoms with van der Waals surface area (Å²) in [5, 5.41) is 3.52. The topological polar surface area (TPSA) is 45.2 Å².